The van der Waals surface area contributed by atoms with E-state index in [4.69, 9.17) is 4.74 Å². The first-order valence-corrected chi connectivity index (χ1v) is 6.83. The summed E-state index contributed by atoms with van der Waals surface area (Å²) in [6.07, 6.45) is 3.76. The van der Waals surface area contributed by atoms with E-state index < -0.39 is 0 Å². The zero-order chi connectivity index (χ0) is 13.9. The van der Waals surface area contributed by atoms with Gasteiger partial charge in [-0.1, -0.05) is 13.3 Å². The first kappa shape index (κ1) is 15.4. The molecule has 5 nitrogen and oxygen atoms in total. The van der Waals surface area contributed by atoms with Gasteiger partial charge in [0.25, 0.3) is 5.91 Å². The molecule has 2 N–H and O–H groups in total. The molecule has 1 amide bonds. The minimum absolute atomic E-state index is 0.116. The predicted octanol–water partition coefficient (Wildman–Crippen LogP) is 2.06. The van der Waals surface area contributed by atoms with Crippen LogP contribution in [0.2, 0.25) is 0 Å². The molecule has 0 spiro atoms. The Hall–Kier alpha value is -1.62. The van der Waals surface area contributed by atoms with Gasteiger partial charge >= 0.3 is 0 Å². The van der Waals surface area contributed by atoms with Gasteiger partial charge in [-0.25, -0.2) is 4.98 Å². The minimum atomic E-state index is -0.116. The number of amides is 1. The number of aromatic nitrogens is 1. The predicted molar refractivity (Wildman–Crippen MR) is 76.5 cm³/mol. The molecule has 0 saturated heterocycles. The lowest BCUT2D eigenvalue weighted by molar-refractivity contribution is 0.0912. The van der Waals surface area contributed by atoms with Crippen molar-refractivity contribution in [3.8, 4) is 0 Å². The van der Waals surface area contributed by atoms with E-state index in [-0.39, 0.29) is 5.91 Å². The fraction of sp³-hybridized carbons (Fsp3) is 0.571. The summed E-state index contributed by atoms with van der Waals surface area (Å²) in [6, 6.07) is 3.56. The van der Waals surface area contributed by atoms with Crippen molar-refractivity contribution in [3.63, 3.8) is 0 Å². The molecule has 1 aromatic rings. The Morgan fingerprint density at radius 2 is 2.16 bits per heavy atom. The Morgan fingerprint density at radius 3 is 2.79 bits per heavy atom. The van der Waals surface area contributed by atoms with Crippen molar-refractivity contribution in [2.24, 2.45) is 0 Å². The van der Waals surface area contributed by atoms with Gasteiger partial charge in [0.05, 0.1) is 12.2 Å². The Bertz CT molecular complexity index is 365. The summed E-state index contributed by atoms with van der Waals surface area (Å²) in [5, 5.41) is 5.89. The molecule has 0 aromatic carbocycles. The number of carbonyl (C=O) groups is 1. The van der Waals surface area contributed by atoms with E-state index in [1.54, 1.807) is 18.3 Å². The number of carbonyl (C=O) groups excluding carboxylic acids is 1. The number of pyridine rings is 1. The Kier molecular flexibility index (Phi) is 7.58. The molecular formula is C14H23N3O2. The van der Waals surface area contributed by atoms with Gasteiger partial charge in [-0.2, -0.15) is 0 Å². The van der Waals surface area contributed by atoms with Crippen LogP contribution in [-0.2, 0) is 4.74 Å². The van der Waals surface area contributed by atoms with Gasteiger partial charge in [0, 0.05) is 25.9 Å². The normalized spacial score (nSPS) is 10.2. The molecule has 0 bridgehead atoms. The van der Waals surface area contributed by atoms with Gasteiger partial charge < -0.3 is 15.4 Å². The third-order valence-corrected chi connectivity index (χ3v) is 2.56. The van der Waals surface area contributed by atoms with Crippen LogP contribution in [0.3, 0.4) is 0 Å². The third-order valence-electron chi connectivity index (χ3n) is 2.56. The quantitative estimate of drug-likeness (QED) is 0.671. The maximum atomic E-state index is 11.8. The molecule has 5 heteroatoms. The van der Waals surface area contributed by atoms with Gasteiger partial charge in [-0.05, 0) is 25.5 Å². The van der Waals surface area contributed by atoms with Gasteiger partial charge in [0.2, 0.25) is 0 Å². The SMILES string of the molecule is CCCCOCCNC(=O)c1ccc(NCC)nc1. The molecule has 0 radical (unpaired) electrons. The minimum Gasteiger partial charge on any atom is -0.380 e. The lowest BCUT2D eigenvalue weighted by Gasteiger charge is -2.07. The fourth-order valence-corrected chi connectivity index (χ4v) is 1.50. The highest BCUT2D eigenvalue weighted by atomic mass is 16.5. The molecule has 0 aliphatic rings. The Labute approximate surface area is 114 Å². The summed E-state index contributed by atoms with van der Waals surface area (Å²) in [7, 11) is 0. The number of hydrogen-bond acceptors (Lipinski definition) is 4. The maximum absolute atomic E-state index is 11.8. The van der Waals surface area contributed by atoms with E-state index in [2.05, 4.69) is 22.5 Å². The van der Waals surface area contributed by atoms with Crippen LogP contribution >= 0.6 is 0 Å². The number of hydrogen-bond donors (Lipinski definition) is 2. The van der Waals surface area contributed by atoms with Crippen LogP contribution in [0, 0.1) is 0 Å². The fourth-order valence-electron chi connectivity index (χ4n) is 1.50. The maximum Gasteiger partial charge on any atom is 0.252 e. The molecular weight excluding hydrogens is 242 g/mol. The second kappa shape index (κ2) is 9.33. The molecule has 106 valence electrons. The van der Waals surface area contributed by atoms with Crippen molar-refractivity contribution in [2.45, 2.75) is 26.7 Å². The molecule has 1 aromatic heterocycles. The topological polar surface area (TPSA) is 63.2 Å². The van der Waals surface area contributed by atoms with Crippen LogP contribution < -0.4 is 10.6 Å². The van der Waals surface area contributed by atoms with Crippen molar-refractivity contribution < 1.29 is 9.53 Å². The number of nitrogens with one attached hydrogen (secondary N) is 2. The number of nitrogens with zero attached hydrogens (tertiary/aromatic N) is 1. The average molecular weight is 265 g/mol. The molecule has 0 unspecified atom stereocenters. The standard InChI is InChI=1S/C14H23N3O2/c1-3-5-9-19-10-8-16-14(18)12-6-7-13(15-4-2)17-11-12/h6-7,11H,3-5,8-10H2,1-2H3,(H,15,17)(H,16,18). The number of rotatable bonds is 9. The molecule has 0 fully saturated rings. The average Bonchev–Trinajstić information content (AvgIpc) is 2.43. The highest BCUT2D eigenvalue weighted by Gasteiger charge is 2.04. The van der Waals surface area contributed by atoms with Crippen LogP contribution in [0.15, 0.2) is 18.3 Å². The highest BCUT2D eigenvalue weighted by molar-refractivity contribution is 5.94. The van der Waals surface area contributed by atoms with Gasteiger partial charge in [-0.15, -0.1) is 0 Å². The van der Waals surface area contributed by atoms with Crippen molar-refractivity contribution in [1.82, 2.24) is 10.3 Å². The van der Waals surface area contributed by atoms with Crippen LogP contribution in [0.4, 0.5) is 5.82 Å². The monoisotopic (exact) mass is 265 g/mol. The Balaban J connectivity index is 2.25. The van der Waals surface area contributed by atoms with E-state index in [9.17, 15) is 4.79 Å². The molecule has 19 heavy (non-hydrogen) atoms. The summed E-state index contributed by atoms with van der Waals surface area (Å²) in [6.45, 7) is 6.77. The summed E-state index contributed by atoms with van der Waals surface area (Å²) in [5.41, 5.74) is 0.565. The summed E-state index contributed by atoms with van der Waals surface area (Å²) in [5.74, 6) is 0.664. The summed E-state index contributed by atoms with van der Waals surface area (Å²) in [4.78, 5) is 15.9. The molecule has 0 saturated carbocycles. The van der Waals surface area contributed by atoms with Crippen LogP contribution in [0.1, 0.15) is 37.0 Å². The molecule has 1 rings (SSSR count). The van der Waals surface area contributed by atoms with Crippen LogP contribution in [0.5, 0.6) is 0 Å². The van der Waals surface area contributed by atoms with Gasteiger partial charge in [0.15, 0.2) is 0 Å². The summed E-state index contributed by atoms with van der Waals surface area (Å²) >= 11 is 0. The lowest BCUT2D eigenvalue weighted by Crippen LogP contribution is -2.27. The first-order valence-electron chi connectivity index (χ1n) is 6.83. The summed E-state index contributed by atoms with van der Waals surface area (Å²) < 4.78 is 5.37. The van der Waals surface area contributed by atoms with Gasteiger partial charge in [0.1, 0.15) is 5.82 Å². The van der Waals surface area contributed by atoms with Gasteiger partial charge in [-0.3, -0.25) is 4.79 Å². The molecule has 0 aliphatic carbocycles. The zero-order valence-corrected chi connectivity index (χ0v) is 11.7. The van der Waals surface area contributed by atoms with Crippen LogP contribution in [0.25, 0.3) is 0 Å². The smallest absolute Gasteiger partial charge is 0.252 e. The first-order chi connectivity index (χ1) is 9.27. The van der Waals surface area contributed by atoms with E-state index >= 15 is 0 Å². The van der Waals surface area contributed by atoms with E-state index in [0.717, 1.165) is 31.8 Å². The molecule has 0 aliphatic heterocycles. The van der Waals surface area contributed by atoms with E-state index in [1.165, 1.54) is 0 Å². The third kappa shape index (κ3) is 6.20. The van der Waals surface area contributed by atoms with Crippen LogP contribution in [-0.4, -0.2) is 37.2 Å². The molecule has 1 heterocycles. The van der Waals surface area contributed by atoms with Crippen molar-refractivity contribution >= 4 is 11.7 Å². The second-order valence-electron chi connectivity index (χ2n) is 4.18. The number of ether oxygens (including phenoxy) is 1. The largest absolute Gasteiger partial charge is 0.380 e. The number of unbranched alkanes of at least 4 members (excludes halogenated alkanes) is 1. The van der Waals surface area contributed by atoms with E-state index in [1.807, 2.05) is 6.92 Å². The van der Waals surface area contributed by atoms with Crippen molar-refractivity contribution in [2.75, 3.05) is 31.6 Å². The highest BCUT2D eigenvalue weighted by Crippen LogP contribution is 2.04. The van der Waals surface area contributed by atoms with E-state index in [0.29, 0.717) is 18.7 Å². The lowest BCUT2D eigenvalue weighted by atomic mass is 10.2. The zero-order valence-electron chi connectivity index (χ0n) is 11.7. The number of anilines is 1. The van der Waals surface area contributed by atoms with Crippen molar-refractivity contribution in [1.29, 1.82) is 0 Å². The molecule has 0 atom stereocenters. The van der Waals surface area contributed by atoms with Crippen molar-refractivity contribution in [3.05, 3.63) is 23.9 Å². The second-order valence-corrected chi connectivity index (χ2v) is 4.18. The Morgan fingerprint density at radius 1 is 1.32 bits per heavy atom.